The van der Waals surface area contributed by atoms with E-state index < -0.39 is 11.6 Å². The predicted octanol–water partition coefficient (Wildman–Crippen LogP) is 5.61. The Labute approximate surface area is 125 Å². The van der Waals surface area contributed by atoms with Gasteiger partial charge in [-0.25, -0.2) is 8.78 Å². The van der Waals surface area contributed by atoms with Gasteiger partial charge in [-0.15, -0.1) is 0 Å². The minimum Gasteiger partial charge on any atom is -0.456 e. The number of furan rings is 1. The highest BCUT2D eigenvalue weighted by Gasteiger charge is 2.07. The normalized spacial score (nSPS) is 11.2. The summed E-state index contributed by atoms with van der Waals surface area (Å²) in [6, 6.07) is 16.7. The van der Waals surface area contributed by atoms with Crippen molar-refractivity contribution in [2.75, 3.05) is 5.32 Å². The van der Waals surface area contributed by atoms with Crippen molar-refractivity contribution in [3.8, 4) is 0 Å². The van der Waals surface area contributed by atoms with Crippen molar-refractivity contribution >= 4 is 33.3 Å². The number of fused-ring (bicyclic) bond motifs is 3. The van der Waals surface area contributed by atoms with Crippen LogP contribution in [0.25, 0.3) is 21.9 Å². The zero-order chi connectivity index (χ0) is 15.1. The summed E-state index contributed by atoms with van der Waals surface area (Å²) in [7, 11) is 0. The molecule has 0 spiro atoms. The summed E-state index contributed by atoms with van der Waals surface area (Å²) in [6.07, 6.45) is 0. The summed E-state index contributed by atoms with van der Waals surface area (Å²) < 4.78 is 32.2. The molecule has 3 aromatic carbocycles. The van der Waals surface area contributed by atoms with Crippen LogP contribution in [0.15, 0.2) is 65.1 Å². The molecule has 0 unspecified atom stereocenters. The van der Waals surface area contributed by atoms with Crippen molar-refractivity contribution in [2.24, 2.45) is 0 Å². The highest BCUT2D eigenvalue weighted by Crippen LogP contribution is 2.31. The van der Waals surface area contributed by atoms with Crippen LogP contribution in [-0.4, -0.2) is 0 Å². The molecule has 4 aromatic rings. The second-order valence-corrected chi connectivity index (χ2v) is 5.09. The fraction of sp³-hybridized carbons (Fsp3) is 0. The molecule has 0 saturated heterocycles. The summed E-state index contributed by atoms with van der Waals surface area (Å²) in [5.41, 5.74) is 2.60. The molecule has 0 saturated carbocycles. The van der Waals surface area contributed by atoms with Gasteiger partial charge in [0.25, 0.3) is 0 Å². The number of halogens is 2. The molecular formula is C18H11F2NO. The van der Waals surface area contributed by atoms with Gasteiger partial charge in [-0.1, -0.05) is 18.2 Å². The van der Waals surface area contributed by atoms with Crippen LogP contribution in [0, 0.1) is 11.6 Å². The van der Waals surface area contributed by atoms with E-state index in [9.17, 15) is 8.78 Å². The molecule has 108 valence electrons. The van der Waals surface area contributed by atoms with Crippen molar-refractivity contribution in [1.29, 1.82) is 0 Å². The van der Waals surface area contributed by atoms with E-state index in [2.05, 4.69) is 5.32 Å². The fourth-order valence-electron chi connectivity index (χ4n) is 2.60. The largest absolute Gasteiger partial charge is 0.456 e. The summed E-state index contributed by atoms with van der Waals surface area (Å²) in [6.45, 7) is 0. The van der Waals surface area contributed by atoms with Gasteiger partial charge < -0.3 is 9.73 Å². The molecule has 0 amide bonds. The lowest BCUT2D eigenvalue weighted by Gasteiger charge is -2.06. The number of nitrogens with one attached hydrogen (secondary N) is 1. The standard InChI is InChI=1S/C18H11F2NO/c19-11-7-12(20)9-14(8-11)21-13-5-6-16-15-3-1-2-4-17(15)22-18(16)10-13/h1-10,21H. The van der Waals surface area contributed by atoms with Crippen LogP contribution >= 0.6 is 0 Å². The van der Waals surface area contributed by atoms with Gasteiger partial charge in [-0.2, -0.15) is 0 Å². The van der Waals surface area contributed by atoms with E-state index in [0.29, 0.717) is 11.4 Å². The Morgan fingerprint density at radius 2 is 1.41 bits per heavy atom. The zero-order valence-corrected chi connectivity index (χ0v) is 11.4. The predicted molar refractivity (Wildman–Crippen MR) is 83.4 cm³/mol. The van der Waals surface area contributed by atoms with Crippen LogP contribution < -0.4 is 5.32 Å². The maximum atomic E-state index is 13.2. The summed E-state index contributed by atoms with van der Waals surface area (Å²) >= 11 is 0. The van der Waals surface area contributed by atoms with Gasteiger partial charge in [0.1, 0.15) is 22.8 Å². The van der Waals surface area contributed by atoms with Crippen LogP contribution in [0.1, 0.15) is 0 Å². The molecule has 22 heavy (non-hydrogen) atoms. The second-order valence-electron chi connectivity index (χ2n) is 5.09. The average molecular weight is 295 g/mol. The lowest BCUT2D eigenvalue weighted by molar-refractivity contribution is 0.584. The van der Waals surface area contributed by atoms with Crippen LogP contribution in [0.2, 0.25) is 0 Å². The first kappa shape index (κ1) is 12.8. The highest BCUT2D eigenvalue weighted by molar-refractivity contribution is 6.05. The number of hydrogen-bond donors (Lipinski definition) is 1. The lowest BCUT2D eigenvalue weighted by Crippen LogP contribution is -1.92. The smallest absolute Gasteiger partial charge is 0.137 e. The van der Waals surface area contributed by atoms with E-state index in [-0.39, 0.29) is 0 Å². The molecular weight excluding hydrogens is 284 g/mol. The molecule has 0 aliphatic carbocycles. The van der Waals surface area contributed by atoms with Crippen molar-refractivity contribution < 1.29 is 13.2 Å². The van der Waals surface area contributed by atoms with E-state index in [1.807, 2.05) is 42.5 Å². The number of rotatable bonds is 2. The Kier molecular flexibility index (Phi) is 2.82. The van der Waals surface area contributed by atoms with E-state index >= 15 is 0 Å². The Hall–Kier alpha value is -2.88. The van der Waals surface area contributed by atoms with E-state index in [0.717, 1.165) is 28.0 Å². The summed E-state index contributed by atoms with van der Waals surface area (Å²) in [4.78, 5) is 0. The van der Waals surface area contributed by atoms with Crippen LogP contribution in [-0.2, 0) is 0 Å². The van der Waals surface area contributed by atoms with E-state index in [4.69, 9.17) is 4.42 Å². The van der Waals surface area contributed by atoms with Crippen molar-refractivity contribution in [3.63, 3.8) is 0 Å². The van der Waals surface area contributed by atoms with Crippen molar-refractivity contribution in [3.05, 3.63) is 72.3 Å². The first-order chi connectivity index (χ1) is 10.7. The molecule has 4 rings (SSSR count). The van der Waals surface area contributed by atoms with Gasteiger partial charge in [0.2, 0.25) is 0 Å². The Morgan fingerprint density at radius 3 is 2.23 bits per heavy atom. The van der Waals surface area contributed by atoms with Crippen LogP contribution in [0.4, 0.5) is 20.2 Å². The quantitative estimate of drug-likeness (QED) is 0.520. The SMILES string of the molecule is Fc1cc(F)cc(Nc2ccc3c(c2)oc2ccccc23)c1. The summed E-state index contributed by atoms with van der Waals surface area (Å²) in [5.74, 6) is -1.24. The number of para-hydroxylation sites is 1. The van der Waals surface area contributed by atoms with Gasteiger partial charge in [0.15, 0.2) is 0 Å². The zero-order valence-electron chi connectivity index (χ0n) is 11.4. The maximum Gasteiger partial charge on any atom is 0.137 e. The molecule has 0 fully saturated rings. The van der Waals surface area contributed by atoms with Crippen LogP contribution in [0.3, 0.4) is 0 Å². The van der Waals surface area contributed by atoms with Gasteiger partial charge >= 0.3 is 0 Å². The molecule has 4 heteroatoms. The monoisotopic (exact) mass is 295 g/mol. The molecule has 2 nitrogen and oxygen atoms in total. The van der Waals surface area contributed by atoms with Gasteiger partial charge in [0.05, 0.1) is 0 Å². The minimum absolute atomic E-state index is 0.355. The summed E-state index contributed by atoms with van der Waals surface area (Å²) in [5, 5.41) is 5.03. The Morgan fingerprint density at radius 1 is 0.682 bits per heavy atom. The number of hydrogen-bond acceptors (Lipinski definition) is 2. The molecule has 0 atom stereocenters. The highest BCUT2D eigenvalue weighted by atomic mass is 19.1. The third-order valence-electron chi connectivity index (χ3n) is 3.53. The fourth-order valence-corrected chi connectivity index (χ4v) is 2.60. The lowest BCUT2D eigenvalue weighted by atomic mass is 10.1. The van der Waals surface area contributed by atoms with Crippen molar-refractivity contribution in [1.82, 2.24) is 0 Å². The Balaban J connectivity index is 1.77. The van der Waals surface area contributed by atoms with Crippen LogP contribution in [0.5, 0.6) is 0 Å². The number of benzene rings is 3. The second kappa shape index (κ2) is 4.84. The Bertz CT molecular complexity index is 971. The van der Waals surface area contributed by atoms with E-state index in [1.165, 1.54) is 12.1 Å². The molecule has 0 aliphatic heterocycles. The number of anilines is 2. The average Bonchev–Trinajstić information content (AvgIpc) is 2.83. The third-order valence-corrected chi connectivity index (χ3v) is 3.53. The molecule has 0 bridgehead atoms. The van der Waals surface area contributed by atoms with Gasteiger partial charge in [-0.3, -0.25) is 0 Å². The van der Waals surface area contributed by atoms with Crippen molar-refractivity contribution in [2.45, 2.75) is 0 Å². The molecule has 0 aliphatic rings. The molecule has 1 aromatic heterocycles. The molecule has 1 heterocycles. The maximum absolute atomic E-state index is 13.2. The first-order valence-corrected chi connectivity index (χ1v) is 6.83. The third kappa shape index (κ3) is 2.19. The molecule has 1 N–H and O–H groups in total. The first-order valence-electron chi connectivity index (χ1n) is 6.83. The van der Waals surface area contributed by atoms with E-state index in [1.54, 1.807) is 0 Å². The van der Waals surface area contributed by atoms with Gasteiger partial charge in [-0.05, 0) is 30.3 Å². The topological polar surface area (TPSA) is 25.2 Å². The van der Waals surface area contributed by atoms with Gasteiger partial charge in [0, 0.05) is 34.3 Å². The minimum atomic E-state index is -0.618. The molecule has 0 radical (unpaired) electrons.